The predicted octanol–water partition coefficient (Wildman–Crippen LogP) is 0.264. The molecule has 2 N–H and O–H groups in total. The van der Waals surface area contributed by atoms with Crippen molar-refractivity contribution in [1.29, 1.82) is 0 Å². The molecule has 1 unspecified atom stereocenters. The van der Waals surface area contributed by atoms with Gasteiger partial charge in [0.2, 0.25) is 4.77 Å². The first-order chi connectivity index (χ1) is 10.6. The lowest BCUT2D eigenvalue weighted by Crippen LogP contribution is -3.09. The molecule has 0 saturated carbocycles. The summed E-state index contributed by atoms with van der Waals surface area (Å²) < 4.78 is 4.18. The molecule has 0 saturated heterocycles. The molecular weight excluding hydrogens is 312 g/mol. The quantitative estimate of drug-likeness (QED) is 0.786. The highest BCUT2D eigenvalue weighted by molar-refractivity contribution is 7.71. The van der Waals surface area contributed by atoms with Crippen molar-refractivity contribution in [2.75, 3.05) is 13.6 Å². The van der Waals surface area contributed by atoms with E-state index in [1.54, 1.807) is 4.68 Å². The average molecular weight is 337 g/mol. The first kappa shape index (κ1) is 17.6. The second-order valence-electron chi connectivity index (χ2n) is 7.05. The maximum absolute atomic E-state index is 12.0. The van der Waals surface area contributed by atoms with Crippen LogP contribution in [0.2, 0.25) is 0 Å². The van der Waals surface area contributed by atoms with Gasteiger partial charge < -0.3 is 10.2 Å². The summed E-state index contributed by atoms with van der Waals surface area (Å²) in [6.45, 7) is 10.7. The van der Waals surface area contributed by atoms with E-state index in [1.807, 2.05) is 52.1 Å². The zero-order valence-corrected chi connectivity index (χ0v) is 15.4. The van der Waals surface area contributed by atoms with Crippen molar-refractivity contribution in [3.63, 3.8) is 0 Å². The number of aromatic nitrogens is 4. The van der Waals surface area contributed by atoms with Crippen LogP contribution in [-0.2, 0) is 11.5 Å². The van der Waals surface area contributed by atoms with Gasteiger partial charge in [0.1, 0.15) is 0 Å². The van der Waals surface area contributed by atoms with Gasteiger partial charge in [0.05, 0.1) is 7.05 Å². The van der Waals surface area contributed by atoms with E-state index < -0.39 is 0 Å². The number of quaternary nitrogens is 1. The van der Waals surface area contributed by atoms with Crippen LogP contribution in [0.5, 0.6) is 0 Å². The Labute approximate surface area is 141 Å². The van der Waals surface area contributed by atoms with Crippen LogP contribution < -0.4 is 10.2 Å². The van der Waals surface area contributed by atoms with Gasteiger partial charge in [0.15, 0.2) is 13.2 Å². The SMILES string of the molecule is Cc1cc(C)n2c(=S)n(C[NH+](C)CC(=O)NC(C)(C)C)nc2n1. The molecule has 2 rings (SSSR count). The van der Waals surface area contributed by atoms with Gasteiger partial charge in [-0.25, -0.2) is 4.98 Å². The number of carbonyl (C=O) groups excluding carboxylic acids is 1. The monoisotopic (exact) mass is 337 g/mol. The number of carbonyl (C=O) groups is 1. The van der Waals surface area contributed by atoms with Gasteiger partial charge in [-0.05, 0) is 52.9 Å². The summed E-state index contributed by atoms with van der Waals surface area (Å²) >= 11 is 5.49. The molecular formula is C15H25N6OS+. The molecule has 2 aromatic heterocycles. The minimum absolute atomic E-state index is 0.00966. The Morgan fingerprint density at radius 1 is 1.39 bits per heavy atom. The van der Waals surface area contributed by atoms with Crippen LogP contribution in [-0.4, -0.2) is 44.2 Å². The van der Waals surface area contributed by atoms with Crippen molar-refractivity contribution < 1.29 is 9.69 Å². The first-order valence-electron chi connectivity index (χ1n) is 7.63. The van der Waals surface area contributed by atoms with E-state index >= 15 is 0 Å². The number of nitrogens with zero attached hydrogens (tertiary/aromatic N) is 4. The molecule has 0 bridgehead atoms. The lowest BCUT2D eigenvalue weighted by molar-refractivity contribution is -0.895. The topological polar surface area (TPSA) is 68.7 Å². The summed E-state index contributed by atoms with van der Waals surface area (Å²) in [7, 11) is 1.94. The van der Waals surface area contributed by atoms with Crippen LogP contribution in [0.15, 0.2) is 6.07 Å². The summed E-state index contributed by atoms with van der Waals surface area (Å²) in [5.74, 6) is 0.606. The summed E-state index contributed by atoms with van der Waals surface area (Å²) in [5.41, 5.74) is 1.69. The van der Waals surface area contributed by atoms with E-state index in [-0.39, 0.29) is 11.4 Å². The Balaban J connectivity index is 2.16. The van der Waals surface area contributed by atoms with Gasteiger partial charge in [0, 0.05) is 16.9 Å². The molecule has 0 aliphatic rings. The molecule has 1 atom stereocenters. The molecule has 2 heterocycles. The molecule has 0 aromatic carbocycles. The third-order valence-electron chi connectivity index (χ3n) is 3.27. The molecule has 7 nitrogen and oxygen atoms in total. The van der Waals surface area contributed by atoms with Crippen molar-refractivity contribution >= 4 is 23.9 Å². The summed E-state index contributed by atoms with van der Waals surface area (Å²) in [6, 6.07) is 1.97. The Morgan fingerprint density at radius 2 is 2.04 bits per heavy atom. The zero-order chi connectivity index (χ0) is 17.4. The smallest absolute Gasteiger partial charge is 0.275 e. The minimum Gasteiger partial charge on any atom is -0.347 e. The predicted molar refractivity (Wildman–Crippen MR) is 90.9 cm³/mol. The van der Waals surface area contributed by atoms with Crippen LogP contribution in [0.1, 0.15) is 32.2 Å². The highest BCUT2D eigenvalue weighted by Gasteiger charge is 2.18. The van der Waals surface area contributed by atoms with E-state index in [0.717, 1.165) is 16.3 Å². The number of fused-ring (bicyclic) bond motifs is 1. The molecule has 0 radical (unpaired) electrons. The van der Waals surface area contributed by atoms with Crippen molar-refractivity contribution in [3.8, 4) is 0 Å². The standard InChI is InChI=1S/C15H24N6OS/c1-10-7-11(2)21-13(16-10)18-20(14(21)23)9-19(6)8-12(22)17-15(3,4)5/h7H,8-9H2,1-6H3,(H,17,22)/p+1. The molecule has 0 aliphatic carbocycles. The summed E-state index contributed by atoms with van der Waals surface area (Å²) in [4.78, 5) is 17.4. The number of rotatable bonds is 4. The van der Waals surface area contributed by atoms with E-state index in [9.17, 15) is 4.79 Å². The van der Waals surface area contributed by atoms with Crippen LogP contribution in [0.3, 0.4) is 0 Å². The van der Waals surface area contributed by atoms with Crippen LogP contribution in [0.25, 0.3) is 5.78 Å². The number of hydrogen-bond acceptors (Lipinski definition) is 4. The third kappa shape index (κ3) is 4.35. The molecule has 1 amide bonds. The van der Waals surface area contributed by atoms with Gasteiger partial charge in [0.25, 0.3) is 11.7 Å². The van der Waals surface area contributed by atoms with Crippen LogP contribution in [0.4, 0.5) is 0 Å². The Bertz CT molecular complexity index is 786. The Morgan fingerprint density at radius 3 is 2.65 bits per heavy atom. The second-order valence-corrected chi connectivity index (χ2v) is 7.41. The molecule has 8 heteroatoms. The van der Waals surface area contributed by atoms with E-state index in [4.69, 9.17) is 12.2 Å². The van der Waals surface area contributed by atoms with Crippen molar-refractivity contribution in [2.45, 2.75) is 46.8 Å². The maximum atomic E-state index is 12.0. The highest BCUT2D eigenvalue weighted by Crippen LogP contribution is 2.06. The number of likely N-dealkylation sites (N-methyl/N-ethyl adjacent to an activating group) is 1. The van der Waals surface area contributed by atoms with E-state index in [0.29, 0.717) is 23.8 Å². The van der Waals surface area contributed by atoms with Gasteiger partial charge >= 0.3 is 0 Å². The summed E-state index contributed by atoms with van der Waals surface area (Å²) in [6.07, 6.45) is 0. The lowest BCUT2D eigenvalue weighted by atomic mass is 10.1. The average Bonchev–Trinajstić information content (AvgIpc) is 2.62. The molecule has 2 aromatic rings. The van der Waals surface area contributed by atoms with Gasteiger partial charge in [-0.2, -0.15) is 4.68 Å². The second kappa shape index (κ2) is 6.37. The minimum atomic E-state index is -0.227. The molecule has 0 spiro atoms. The van der Waals surface area contributed by atoms with Gasteiger partial charge in [-0.3, -0.25) is 9.20 Å². The van der Waals surface area contributed by atoms with Crippen LogP contribution in [0, 0.1) is 18.6 Å². The van der Waals surface area contributed by atoms with E-state index in [2.05, 4.69) is 15.4 Å². The zero-order valence-electron chi connectivity index (χ0n) is 14.6. The summed E-state index contributed by atoms with van der Waals surface area (Å²) in [5, 5.41) is 7.43. The van der Waals surface area contributed by atoms with Crippen molar-refractivity contribution in [1.82, 2.24) is 24.5 Å². The Hall–Kier alpha value is -1.80. The molecule has 0 aliphatic heterocycles. The van der Waals surface area contributed by atoms with Crippen LogP contribution >= 0.6 is 12.2 Å². The maximum Gasteiger partial charge on any atom is 0.275 e. The largest absolute Gasteiger partial charge is 0.347 e. The Kier molecular flexibility index (Phi) is 4.86. The number of hydrogen-bond donors (Lipinski definition) is 2. The fourth-order valence-corrected chi connectivity index (χ4v) is 2.82. The number of amides is 1. The molecule has 0 fully saturated rings. The van der Waals surface area contributed by atoms with Gasteiger partial charge in [-0.15, -0.1) is 5.10 Å². The number of aryl methyl sites for hydroxylation is 2. The van der Waals surface area contributed by atoms with Crippen molar-refractivity contribution in [2.24, 2.45) is 0 Å². The normalized spacial score (nSPS) is 13.3. The molecule has 23 heavy (non-hydrogen) atoms. The highest BCUT2D eigenvalue weighted by atomic mass is 32.1. The fraction of sp³-hybridized carbons (Fsp3) is 0.600. The van der Waals surface area contributed by atoms with Crippen molar-refractivity contribution in [3.05, 3.63) is 22.2 Å². The number of nitrogens with one attached hydrogen (secondary N) is 2. The van der Waals surface area contributed by atoms with Gasteiger partial charge in [-0.1, -0.05) is 0 Å². The molecule has 126 valence electrons. The fourth-order valence-electron chi connectivity index (χ4n) is 2.49. The first-order valence-corrected chi connectivity index (χ1v) is 8.04. The lowest BCUT2D eigenvalue weighted by Gasteiger charge is -2.21. The third-order valence-corrected chi connectivity index (χ3v) is 3.66. The van der Waals surface area contributed by atoms with E-state index in [1.165, 1.54) is 0 Å².